The predicted octanol–water partition coefficient (Wildman–Crippen LogP) is 4.70. The first-order valence-corrected chi connectivity index (χ1v) is 9.71. The molecule has 3 rings (SSSR count). The number of amides is 1. The van der Waals surface area contributed by atoms with Crippen molar-refractivity contribution in [2.45, 2.75) is 26.3 Å². The quantitative estimate of drug-likeness (QED) is 0.330. The SMILES string of the molecule is CCCCOC(=O)c1cc(NC(=O)Cn2cc(C=O)c3ccccc32)ccc1Cl. The van der Waals surface area contributed by atoms with Crippen molar-refractivity contribution in [3.8, 4) is 0 Å². The van der Waals surface area contributed by atoms with Gasteiger partial charge in [-0.25, -0.2) is 4.79 Å². The lowest BCUT2D eigenvalue weighted by Gasteiger charge is -2.10. The van der Waals surface area contributed by atoms with E-state index in [-0.39, 0.29) is 23.0 Å². The minimum Gasteiger partial charge on any atom is -0.462 e. The Labute approximate surface area is 173 Å². The second-order valence-electron chi connectivity index (χ2n) is 6.58. The van der Waals surface area contributed by atoms with Gasteiger partial charge in [0.05, 0.1) is 17.2 Å². The van der Waals surface area contributed by atoms with Crippen LogP contribution >= 0.6 is 11.6 Å². The number of nitrogens with one attached hydrogen (secondary N) is 1. The number of rotatable bonds is 8. The number of ether oxygens (including phenoxy) is 1. The highest BCUT2D eigenvalue weighted by molar-refractivity contribution is 6.33. The third-order valence-corrected chi connectivity index (χ3v) is 4.79. The largest absolute Gasteiger partial charge is 0.462 e. The van der Waals surface area contributed by atoms with Crippen LogP contribution in [0.25, 0.3) is 10.9 Å². The smallest absolute Gasteiger partial charge is 0.339 e. The molecule has 1 aromatic heterocycles. The zero-order valence-electron chi connectivity index (χ0n) is 16.0. The minimum absolute atomic E-state index is 0.0211. The van der Waals surface area contributed by atoms with E-state index in [1.165, 1.54) is 6.07 Å². The summed E-state index contributed by atoms with van der Waals surface area (Å²) in [5.41, 5.74) is 1.96. The molecule has 0 unspecified atom stereocenters. The Morgan fingerprint density at radius 1 is 1.21 bits per heavy atom. The Kier molecular flexibility index (Phi) is 6.67. The zero-order valence-corrected chi connectivity index (χ0v) is 16.7. The summed E-state index contributed by atoms with van der Waals surface area (Å²) in [5.74, 6) is -0.817. The van der Waals surface area contributed by atoms with E-state index in [0.717, 1.165) is 30.0 Å². The number of aldehydes is 1. The topological polar surface area (TPSA) is 77.4 Å². The van der Waals surface area contributed by atoms with Gasteiger partial charge in [-0.2, -0.15) is 0 Å². The number of aromatic nitrogens is 1. The summed E-state index contributed by atoms with van der Waals surface area (Å²) >= 11 is 6.10. The fraction of sp³-hybridized carbons (Fsp3) is 0.227. The Morgan fingerprint density at radius 2 is 2.00 bits per heavy atom. The normalized spacial score (nSPS) is 10.7. The molecule has 150 valence electrons. The molecule has 0 atom stereocenters. The number of benzene rings is 2. The number of halogens is 1. The van der Waals surface area contributed by atoms with E-state index < -0.39 is 5.97 Å². The average molecular weight is 413 g/mol. The molecule has 0 saturated heterocycles. The Morgan fingerprint density at radius 3 is 2.76 bits per heavy atom. The van der Waals surface area contributed by atoms with Crippen LogP contribution in [0.3, 0.4) is 0 Å². The molecule has 3 aromatic rings. The van der Waals surface area contributed by atoms with Crippen molar-refractivity contribution in [1.29, 1.82) is 0 Å². The van der Waals surface area contributed by atoms with Gasteiger partial charge in [-0.05, 0) is 30.7 Å². The molecule has 0 bridgehead atoms. The number of para-hydroxylation sites is 1. The van der Waals surface area contributed by atoms with Crippen LogP contribution in [0.4, 0.5) is 5.69 Å². The maximum Gasteiger partial charge on any atom is 0.339 e. The van der Waals surface area contributed by atoms with Gasteiger partial charge in [0.2, 0.25) is 5.91 Å². The van der Waals surface area contributed by atoms with Crippen molar-refractivity contribution in [3.05, 3.63) is 64.8 Å². The molecule has 29 heavy (non-hydrogen) atoms. The summed E-state index contributed by atoms with van der Waals surface area (Å²) in [6.45, 7) is 2.35. The first-order chi connectivity index (χ1) is 14.0. The van der Waals surface area contributed by atoms with Gasteiger partial charge < -0.3 is 14.6 Å². The highest BCUT2D eigenvalue weighted by Gasteiger charge is 2.15. The molecule has 1 N–H and O–H groups in total. The summed E-state index contributed by atoms with van der Waals surface area (Å²) in [7, 11) is 0. The lowest BCUT2D eigenvalue weighted by molar-refractivity contribution is -0.116. The van der Waals surface area contributed by atoms with Gasteiger partial charge in [0.25, 0.3) is 0 Å². The van der Waals surface area contributed by atoms with Crippen LogP contribution in [-0.4, -0.2) is 29.3 Å². The van der Waals surface area contributed by atoms with Crippen molar-refractivity contribution in [2.24, 2.45) is 0 Å². The molecule has 6 nitrogen and oxygen atoms in total. The second-order valence-corrected chi connectivity index (χ2v) is 6.99. The first-order valence-electron chi connectivity index (χ1n) is 9.33. The number of hydrogen-bond donors (Lipinski definition) is 1. The number of nitrogens with zero attached hydrogens (tertiary/aromatic N) is 1. The van der Waals surface area contributed by atoms with Crippen molar-refractivity contribution in [3.63, 3.8) is 0 Å². The first kappa shape index (κ1) is 20.6. The van der Waals surface area contributed by atoms with Crippen molar-refractivity contribution in [1.82, 2.24) is 4.57 Å². The van der Waals surface area contributed by atoms with Crippen LogP contribution in [0.5, 0.6) is 0 Å². The molecular weight excluding hydrogens is 392 g/mol. The van der Waals surface area contributed by atoms with Gasteiger partial charge in [0, 0.05) is 28.4 Å². The summed E-state index contributed by atoms with van der Waals surface area (Å²) in [5, 5.41) is 3.81. The number of unbranched alkanes of at least 4 members (excludes halogenated alkanes) is 1. The highest BCUT2D eigenvalue weighted by atomic mass is 35.5. The summed E-state index contributed by atoms with van der Waals surface area (Å²) < 4.78 is 6.91. The van der Waals surface area contributed by atoms with E-state index in [9.17, 15) is 14.4 Å². The van der Waals surface area contributed by atoms with Crippen LogP contribution in [0.1, 0.15) is 40.5 Å². The van der Waals surface area contributed by atoms with Gasteiger partial charge in [-0.3, -0.25) is 9.59 Å². The fourth-order valence-electron chi connectivity index (χ4n) is 3.00. The molecule has 0 saturated carbocycles. The third-order valence-electron chi connectivity index (χ3n) is 4.46. The van der Waals surface area contributed by atoms with Crippen molar-refractivity contribution in [2.75, 3.05) is 11.9 Å². The van der Waals surface area contributed by atoms with E-state index in [0.29, 0.717) is 17.9 Å². The fourth-order valence-corrected chi connectivity index (χ4v) is 3.20. The van der Waals surface area contributed by atoms with E-state index >= 15 is 0 Å². The predicted molar refractivity (Wildman–Crippen MR) is 113 cm³/mol. The number of carbonyl (C=O) groups excluding carboxylic acids is 3. The Hall–Kier alpha value is -3.12. The number of hydrogen-bond acceptors (Lipinski definition) is 4. The molecule has 1 amide bonds. The number of anilines is 1. The lowest BCUT2D eigenvalue weighted by Crippen LogP contribution is -2.18. The van der Waals surface area contributed by atoms with Crippen LogP contribution < -0.4 is 5.32 Å². The van der Waals surface area contributed by atoms with Gasteiger partial charge in [-0.15, -0.1) is 0 Å². The average Bonchev–Trinajstić information content (AvgIpc) is 3.07. The highest BCUT2D eigenvalue weighted by Crippen LogP contribution is 2.23. The van der Waals surface area contributed by atoms with E-state index in [4.69, 9.17) is 16.3 Å². The van der Waals surface area contributed by atoms with Crippen LogP contribution in [0.15, 0.2) is 48.7 Å². The summed E-state index contributed by atoms with van der Waals surface area (Å²) in [6.07, 6.45) is 4.10. The second kappa shape index (κ2) is 9.39. The molecule has 0 radical (unpaired) electrons. The third kappa shape index (κ3) is 4.84. The zero-order chi connectivity index (χ0) is 20.8. The van der Waals surface area contributed by atoms with Crippen LogP contribution in [0, 0.1) is 0 Å². The maximum absolute atomic E-state index is 12.5. The molecular formula is C22H21ClN2O4. The molecule has 0 aliphatic carbocycles. The van der Waals surface area contributed by atoms with E-state index in [1.807, 2.05) is 31.2 Å². The Balaban J connectivity index is 1.74. The monoisotopic (exact) mass is 412 g/mol. The molecule has 2 aromatic carbocycles. The molecule has 0 fully saturated rings. The van der Waals surface area contributed by atoms with E-state index in [2.05, 4.69) is 5.32 Å². The van der Waals surface area contributed by atoms with Gasteiger partial charge in [0.1, 0.15) is 6.54 Å². The summed E-state index contributed by atoms with van der Waals surface area (Å²) in [6, 6.07) is 12.0. The van der Waals surface area contributed by atoms with Crippen molar-refractivity contribution >= 4 is 46.4 Å². The molecule has 0 spiro atoms. The summed E-state index contributed by atoms with van der Waals surface area (Å²) in [4.78, 5) is 36.0. The van der Waals surface area contributed by atoms with E-state index in [1.54, 1.807) is 22.9 Å². The van der Waals surface area contributed by atoms with Gasteiger partial charge >= 0.3 is 5.97 Å². The molecule has 0 aliphatic heterocycles. The Bertz CT molecular complexity index is 1060. The van der Waals surface area contributed by atoms with Crippen molar-refractivity contribution < 1.29 is 19.1 Å². The molecule has 1 heterocycles. The molecule has 7 heteroatoms. The van der Waals surface area contributed by atoms with Gasteiger partial charge in [0.15, 0.2) is 6.29 Å². The van der Waals surface area contributed by atoms with Gasteiger partial charge in [-0.1, -0.05) is 43.1 Å². The van der Waals surface area contributed by atoms with Crippen LogP contribution in [-0.2, 0) is 16.1 Å². The lowest BCUT2D eigenvalue weighted by atomic mass is 10.2. The number of fused-ring (bicyclic) bond motifs is 1. The molecule has 0 aliphatic rings. The number of esters is 1. The standard InChI is InChI=1S/C22H21ClN2O4/c1-2-3-10-29-22(28)18-11-16(8-9-19(18)23)24-21(27)13-25-12-15(14-26)17-6-4-5-7-20(17)25/h4-9,11-12,14H,2-3,10,13H2,1H3,(H,24,27). The van der Waals surface area contributed by atoms with Crippen LogP contribution in [0.2, 0.25) is 5.02 Å². The minimum atomic E-state index is -0.522. The number of carbonyl (C=O) groups is 3. The maximum atomic E-state index is 12.5.